The fourth-order valence-electron chi connectivity index (χ4n) is 1.50. The van der Waals surface area contributed by atoms with Crippen molar-refractivity contribution in [3.63, 3.8) is 0 Å². The number of hydrogen-bond donors (Lipinski definition) is 3. The molecule has 0 aliphatic heterocycles. The quantitative estimate of drug-likeness (QED) is 0.377. The Morgan fingerprint density at radius 3 is 2.59 bits per heavy atom. The van der Waals surface area contributed by atoms with Gasteiger partial charge in [-0.2, -0.15) is 0 Å². The molecule has 0 unspecified atom stereocenters. The first-order valence-electron chi connectivity index (χ1n) is 5.97. The van der Waals surface area contributed by atoms with Crippen molar-refractivity contribution in [1.29, 1.82) is 0 Å². The van der Waals surface area contributed by atoms with Crippen molar-refractivity contribution in [3.8, 4) is 5.75 Å². The number of thiocarbonyl (C=S) groups is 1. The maximum absolute atomic E-state index is 11.7. The first-order valence-corrected chi connectivity index (χ1v) is 7.96. The molecule has 1 heterocycles. The number of phenolic OH excluding ortho intramolecular Hbond substituents is 1. The van der Waals surface area contributed by atoms with Crippen LogP contribution in [0.15, 0.2) is 50.0 Å². The predicted molar refractivity (Wildman–Crippen MR) is 95.6 cm³/mol. The summed E-state index contributed by atoms with van der Waals surface area (Å²) in [5.41, 5.74) is 0.608. The summed E-state index contributed by atoms with van der Waals surface area (Å²) in [6, 6.07) is 6.73. The lowest BCUT2D eigenvalue weighted by molar-refractivity contribution is -0.115. The molecule has 0 bridgehead atoms. The molecule has 0 saturated carbocycles. The van der Waals surface area contributed by atoms with Crippen molar-refractivity contribution < 1.29 is 14.3 Å². The number of rotatable bonds is 3. The van der Waals surface area contributed by atoms with E-state index in [4.69, 9.17) is 16.6 Å². The van der Waals surface area contributed by atoms with E-state index in [1.807, 2.05) is 0 Å². The maximum Gasteiger partial charge on any atom is 0.250 e. The second-order valence-electron chi connectivity index (χ2n) is 4.08. The van der Waals surface area contributed by atoms with Crippen molar-refractivity contribution in [3.05, 3.63) is 51.3 Å². The number of carbonyl (C=O) groups excluding carboxylic acids is 1. The zero-order valence-electron chi connectivity index (χ0n) is 11.0. The molecule has 0 saturated heterocycles. The van der Waals surface area contributed by atoms with Gasteiger partial charge in [-0.15, -0.1) is 0 Å². The van der Waals surface area contributed by atoms with Gasteiger partial charge in [0.25, 0.3) is 0 Å². The van der Waals surface area contributed by atoms with Crippen molar-refractivity contribution >= 4 is 66.9 Å². The van der Waals surface area contributed by atoms with Crippen LogP contribution in [0.3, 0.4) is 0 Å². The van der Waals surface area contributed by atoms with Gasteiger partial charge in [0.05, 0.1) is 15.2 Å². The van der Waals surface area contributed by atoms with E-state index >= 15 is 0 Å². The van der Waals surface area contributed by atoms with Crippen LogP contribution in [0.4, 0.5) is 5.69 Å². The van der Waals surface area contributed by atoms with Gasteiger partial charge in [-0.3, -0.25) is 10.1 Å². The Kier molecular flexibility index (Phi) is 5.76. The number of furan rings is 1. The lowest BCUT2D eigenvalue weighted by Gasteiger charge is -2.10. The zero-order valence-corrected chi connectivity index (χ0v) is 15.0. The highest BCUT2D eigenvalue weighted by Crippen LogP contribution is 2.35. The molecule has 0 atom stereocenters. The lowest BCUT2D eigenvalue weighted by atomic mass is 10.3. The topological polar surface area (TPSA) is 74.5 Å². The van der Waals surface area contributed by atoms with Crippen LogP contribution in [0.2, 0.25) is 0 Å². The van der Waals surface area contributed by atoms with Crippen LogP contribution in [0, 0.1) is 0 Å². The van der Waals surface area contributed by atoms with Crippen LogP contribution in [-0.4, -0.2) is 16.1 Å². The average molecular weight is 446 g/mol. The molecule has 22 heavy (non-hydrogen) atoms. The Morgan fingerprint density at radius 1 is 1.32 bits per heavy atom. The van der Waals surface area contributed by atoms with Gasteiger partial charge in [0.2, 0.25) is 5.91 Å². The van der Waals surface area contributed by atoms with Gasteiger partial charge >= 0.3 is 0 Å². The van der Waals surface area contributed by atoms with Crippen LogP contribution in [-0.2, 0) is 4.79 Å². The number of anilines is 1. The van der Waals surface area contributed by atoms with Crippen molar-refractivity contribution in [2.75, 3.05) is 5.32 Å². The average Bonchev–Trinajstić information content (AvgIpc) is 2.95. The van der Waals surface area contributed by atoms with Gasteiger partial charge in [0.1, 0.15) is 11.5 Å². The van der Waals surface area contributed by atoms with E-state index in [-0.39, 0.29) is 16.8 Å². The van der Waals surface area contributed by atoms with E-state index in [1.54, 1.807) is 24.3 Å². The van der Waals surface area contributed by atoms with E-state index in [9.17, 15) is 9.90 Å². The summed E-state index contributed by atoms with van der Waals surface area (Å²) in [6.07, 6.45) is 4.37. The molecule has 3 N–H and O–H groups in total. The van der Waals surface area contributed by atoms with E-state index in [0.29, 0.717) is 20.4 Å². The fraction of sp³-hybridized carbons (Fsp3) is 0. The third-order valence-electron chi connectivity index (χ3n) is 2.45. The second kappa shape index (κ2) is 7.57. The molecule has 0 aliphatic rings. The molecule has 1 aromatic carbocycles. The molecular weight excluding hydrogens is 436 g/mol. The third kappa shape index (κ3) is 4.69. The Bertz CT molecular complexity index is 707. The molecule has 2 aromatic rings. The second-order valence-corrected chi connectivity index (χ2v) is 6.20. The smallest absolute Gasteiger partial charge is 0.250 e. The Balaban J connectivity index is 1.94. The van der Waals surface area contributed by atoms with Crippen molar-refractivity contribution in [2.24, 2.45) is 0 Å². The molecule has 0 spiro atoms. The Morgan fingerprint density at radius 2 is 2.00 bits per heavy atom. The minimum Gasteiger partial charge on any atom is -0.506 e. The van der Waals surface area contributed by atoms with Gasteiger partial charge < -0.3 is 14.8 Å². The third-order valence-corrected chi connectivity index (χ3v) is 3.87. The van der Waals surface area contributed by atoms with Crippen molar-refractivity contribution in [1.82, 2.24) is 5.32 Å². The minimum absolute atomic E-state index is 0.0851. The summed E-state index contributed by atoms with van der Waals surface area (Å²) in [7, 11) is 0. The van der Waals surface area contributed by atoms with Crippen LogP contribution < -0.4 is 10.6 Å². The maximum atomic E-state index is 11.7. The molecule has 0 aliphatic carbocycles. The van der Waals surface area contributed by atoms with Gasteiger partial charge in [0, 0.05) is 11.8 Å². The Hall–Kier alpha value is -1.64. The summed E-state index contributed by atoms with van der Waals surface area (Å²) in [4.78, 5) is 11.7. The number of nitrogens with one attached hydrogen (secondary N) is 2. The monoisotopic (exact) mass is 444 g/mol. The first-order chi connectivity index (χ1) is 10.5. The minimum atomic E-state index is -0.384. The fourth-order valence-corrected chi connectivity index (χ4v) is 2.90. The molecule has 2 rings (SSSR count). The normalized spacial score (nSPS) is 10.6. The number of phenols is 1. The summed E-state index contributed by atoms with van der Waals surface area (Å²) in [5, 5.41) is 15.1. The molecule has 1 amide bonds. The standard InChI is InChI=1S/C14H10Br2N2O3S/c15-10-6-8(7-11(16)13(10)20)17-14(22)18-12(19)4-3-9-2-1-5-21-9/h1-7,20H,(H2,17,18,19,22). The Labute approximate surface area is 148 Å². The number of aromatic hydroxyl groups is 1. The molecule has 0 radical (unpaired) electrons. The molecule has 1 aromatic heterocycles. The number of hydrogen-bond acceptors (Lipinski definition) is 4. The number of halogens is 2. The highest BCUT2D eigenvalue weighted by atomic mass is 79.9. The molecule has 114 valence electrons. The first kappa shape index (κ1) is 16.7. The molecule has 0 fully saturated rings. The van der Waals surface area contributed by atoms with E-state index in [1.165, 1.54) is 18.4 Å². The SMILES string of the molecule is O=C(C=Cc1ccco1)NC(=S)Nc1cc(Br)c(O)c(Br)c1. The largest absolute Gasteiger partial charge is 0.506 e. The van der Waals surface area contributed by atoms with Gasteiger partial charge in [-0.1, -0.05) is 0 Å². The van der Waals surface area contributed by atoms with Crippen LogP contribution in [0.5, 0.6) is 5.75 Å². The summed E-state index contributed by atoms with van der Waals surface area (Å²) < 4.78 is 6.07. The number of carbonyl (C=O) groups is 1. The lowest BCUT2D eigenvalue weighted by Crippen LogP contribution is -2.32. The van der Waals surface area contributed by atoms with E-state index < -0.39 is 0 Å². The van der Waals surface area contributed by atoms with E-state index in [0.717, 1.165) is 0 Å². The summed E-state index contributed by atoms with van der Waals surface area (Å²) in [6.45, 7) is 0. The molecular formula is C14H10Br2N2O3S. The van der Waals surface area contributed by atoms with Gasteiger partial charge in [0.15, 0.2) is 5.11 Å². The van der Waals surface area contributed by atoms with Crippen LogP contribution in [0.1, 0.15) is 5.76 Å². The number of benzene rings is 1. The van der Waals surface area contributed by atoms with E-state index in [2.05, 4.69) is 42.5 Å². The molecule has 5 nitrogen and oxygen atoms in total. The van der Waals surface area contributed by atoms with Gasteiger partial charge in [-0.05, 0) is 74.4 Å². The summed E-state index contributed by atoms with van der Waals surface area (Å²) >= 11 is 11.5. The molecule has 8 heteroatoms. The van der Waals surface area contributed by atoms with Crippen molar-refractivity contribution in [2.45, 2.75) is 0 Å². The van der Waals surface area contributed by atoms with Crippen LogP contribution in [0.25, 0.3) is 6.08 Å². The van der Waals surface area contributed by atoms with Crippen LogP contribution >= 0.6 is 44.1 Å². The highest BCUT2D eigenvalue weighted by Gasteiger charge is 2.08. The predicted octanol–water partition coefficient (Wildman–Crippen LogP) is 4.04. The summed E-state index contributed by atoms with van der Waals surface area (Å²) in [5.74, 6) is 0.271. The highest BCUT2D eigenvalue weighted by molar-refractivity contribution is 9.11. The van der Waals surface area contributed by atoms with Gasteiger partial charge in [-0.25, -0.2) is 0 Å². The zero-order chi connectivity index (χ0) is 16.1. The number of amides is 1.